The summed E-state index contributed by atoms with van der Waals surface area (Å²) in [6.07, 6.45) is -4.60. The highest BCUT2D eigenvalue weighted by molar-refractivity contribution is 5.96. The van der Waals surface area contributed by atoms with Crippen LogP contribution in [0.1, 0.15) is 28.4 Å². The summed E-state index contributed by atoms with van der Waals surface area (Å²) in [6.45, 7) is 2.71. The first-order chi connectivity index (χ1) is 7.27. The van der Waals surface area contributed by atoms with Crippen molar-refractivity contribution in [2.45, 2.75) is 20.0 Å². The van der Waals surface area contributed by atoms with Crippen LogP contribution in [-0.4, -0.2) is 12.9 Å². The van der Waals surface area contributed by atoms with Crippen molar-refractivity contribution in [1.29, 1.82) is 0 Å². The number of carbonyl (C=O) groups excluding carboxylic acids is 1. The van der Waals surface area contributed by atoms with Crippen molar-refractivity contribution in [2.24, 2.45) is 0 Å². The van der Waals surface area contributed by atoms with Gasteiger partial charge in [-0.3, -0.25) is 4.79 Å². The molecule has 0 bridgehead atoms. The van der Waals surface area contributed by atoms with Crippen molar-refractivity contribution in [3.63, 3.8) is 0 Å². The molecule has 0 fully saturated rings. The standard InChI is InChI=1S/C11H11F3O2/c1-6-4-8(7(2)15)10(11(12,13)14)9(5-6)16-3/h4-5H,1-3H3. The summed E-state index contributed by atoms with van der Waals surface area (Å²) in [4.78, 5) is 11.2. The van der Waals surface area contributed by atoms with Gasteiger partial charge >= 0.3 is 6.18 Å². The first kappa shape index (κ1) is 12.5. The van der Waals surface area contributed by atoms with Crippen LogP contribution in [0.25, 0.3) is 0 Å². The van der Waals surface area contributed by atoms with Gasteiger partial charge < -0.3 is 4.74 Å². The minimum atomic E-state index is -4.60. The van der Waals surface area contributed by atoms with Crippen LogP contribution < -0.4 is 4.74 Å². The molecule has 5 heteroatoms. The minimum Gasteiger partial charge on any atom is -0.496 e. The fraction of sp³-hybridized carbons (Fsp3) is 0.364. The molecule has 0 aliphatic heterocycles. The number of hydrogen-bond donors (Lipinski definition) is 0. The molecule has 0 aliphatic carbocycles. The van der Waals surface area contributed by atoms with Crippen molar-refractivity contribution in [3.8, 4) is 5.75 Å². The minimum absolute atomic E-state index is 0.322. The predicted octanol–water partition coefficient (Wildman–Crippen LogP) is 3.23. The highest BCUT2D eigenvalue weighted by atomic mass is 19.4. The third-order valence-corrected chi connectivity index (χ3v) is 2.13. The number of benzene rings is 1. The van der Waals surface area contributed by atoms with Crippen LogP contribution in [0.5, 0.6) is 5.75 Å². The van der Waals surface area contributed by atoms with Crippen LogP contribution in [0.2, 0.25) is 0 Å². The zero-order valence-electron chi connectivity index (χ0n) is 9.11. The third kappa shape index (κ3) is 2.35. The molecule has 0 saturated carbocycles. The Hall–Kier alpha value is -1.52. The van der Waals surface area contributed by atoms with Crippen molar-refractivity contribution < 1.29 is 22.7 Å². The number of ether oxygens (including phenoxy) is 1. The number of Topliss-reactive ketones (excluding diaryl/α,β-unsaturated/α-hetero) is 1. The zero-order valence-corrected chi connectivity index (χ0v) is 9.11. The van der Waals surface area contributed by atoms with E-state index in [-0.39, 0.29) is 11.3 Å². The van der Waals surface area contributed by atoms with E-state index < -0.39 is 17.5 Å². The molecule has 0 radical (unpaired) electrons. The summed E-state index contributed by atoms with van der Waals surface area (Å²) in [5.41, 5.74) is -0.812. The number of halogens is 3. The van der Waals surface area contributed by atoms with Gasteiger partial charge in [0.25, 0.3) is 0 Å². The summed E-state index contributed by atoms with van der Waals surface area (Å²) in [6, 6.07) is 2.48. The van der Waals surface area contributed by atoms with E-state index in [1.165, 1.54) is 12.1 Å². The number of hydrogen-bond acceptors (Lipinski definition) is 2. The van der Waals surface area contributed by atoms with Gasteiger partial charge in [-0.2, -0.15) is 13.2 Å². The van der Waals surface area contributed by atoms with E-state index in [0.717, 1.165) is 14.0 Å². The fourth-order valence-electron chi connectivity index (χ4n) is 1.48. The Morgan fingerprint density at radius 2 is 1.88 bits per heavy atom. The van der Waals surface area contributed by atoms with Crippen LogP contribution >= 0.6 is 0 Å². The maximum atomic E-state index is 12.8. The molecule has 16 heavy (non-hydrogen) atoms. The van der Waals surface area contributed by atoms with Gasteiger partial charge in [-0.05, 0) is 31.5 Å². The number of carbonyl (C=O) groups is 1. The lowest BCUT2D eigenvalue weighted by atomic mass is 10.00. The van der Waals surface area contributed by atoms with Gasteiger partial charge in [-0.25, -0.2) is 0 Å². The molecule has 88 valence electrons. The summed E-state index contributed by atoms with van der Waals surface area (Å²) >= 11 is 0. The summed E-state index contributed by atoms with van der Waals surface area (Å²) in [5, 5.41) is 0. The van der Waals surface area contributed by atoms with Crippen molar-refractivity contribution in [1.82, 2.24) is 0 Å². The Bertz CT molecular complexity index is 422. The lowest BCUT2D eigenvalue weighted by Crippen LogP contribution is -2.14. The number of rotatable bonds is 2. The molecule has 1 rings (SSSR count). The predicted molar refractivity (Wildman–Crippen MR) is 52.7 cm³/mol. The molecular weight excluding hydrogens is 221 g/mol. The highest BCUT2D eigenvalue weighted by Crippen LogP contribution is 2.39. The van der Waals surface area contributed by atoms with E-state index in [0.29, 0.717) is 5.56 Å². The molecule has 0 amide bonds. The molecule has 1 aromatic carbocycles. The Balaban J connectivity index is 3.58. The maximum absolute atomic E-state index is 12.8. The lowest BCUT2D eigenvalue weighted by Gasteiger charge is -2.16. The molecule has 0 aromatic heterocycles. The summed E-state index contributed by atoms with van der Waals surface area (Å²) in [7, 11) is 1.15. The molecule has 0 unspecified atom stereocenters. The number of alkyl halides is 3. The summed E-state index contributed by atoms with van der Waals surface area (Å²) in [5.74, 6) is -0.952. The molecule has 1 aromatic rings. The number of aryl methyl sites for hydroxylation is 1. The largest absolute Gasteiger partial charge is 0.496 e. The molecule has 0 atom stereocenters. The Labute approximate surface area is 91.0 Å². The van der Waals surface area contributed by atoms with Crippen LogP contribution in [-0.2, 0) is 6.18 Å². The van der Waals surface area contributed by atoms with E-state index in [2.05, 4.69) is 4.74 Å². The van der Waals surface area contributed by atoms with Gasteiger partial charge in [0.1, 0.15) is 11.3 Å². The average molecular weight is 232 g/mol. The Morgan fingerprint density at radius 3 is 2.25 bits per heavy atom. The van der Waals surface area contributed by atoms with Gasteiger partial charge in [-0.15, -0.1) is 0 Å². The smallest absolute Gasteiger partial charge is 0.420 e. The van der Waals surface area contributed by atoms with Gasteiger partial charge in [0.2, 0.25) is 0 Å². The first-order valence-corrected chi connectivity index (χ1v) is 4.54. The molecule has 0 spiro atoms. The van der Waals surface area contributed by atoms with Crippen molar-refractivity contribution in [3.05, 3.63) is 28.8 Å². The molecule has 0 N–H and O–H groups in total. The van der Waals surface area contributed by atoms with Crippen molar-refractivity contribution in [2.75, 3.05) is 7.11 Å². The number of ketones is 1. The monoisotopic (exact) mass is 232 g/mol. The van der Waals surface area contributed by atoms with E-state index in [4.69, 9.17) is 0 Å². The molecular formula is C11H11F3O2. The van der Waals surface area contributed by atoms with E-state index in [1.54, 1.807) is 6.92 Å². The van der Waals surface area contributed by atoms with Crippen LogP contribution in [0.15, 0.2) is 12.1 Å². The number of methoxy groups -OCH3 is 1. The fourth-order valence-corrected chi connectivity index (χ4v) is 1.48. The lowest BCUT2D eigenvalue weighted by molar-refractivity contribution is -0.139. The second kappa shape index (κ2) is 4.15. The SMILES string of the molecule is COc1cc(C)cc(C(C)=O)c1C(F)(F)F. The highest BCUT2D eigenvalue weighted by Gasteiger charge is 2.38. The van der Waals surface area contributed by atoms with Gasteiger partial charge in [0.05, 0.1) is 7.11 Å². The van der Waals surface area contributed by atoms with Gasteiger partial charge in [-0.1, -0.05) is 0 Å². The van der Waals surface area contributed by atoms with Gasteiger partial charge in [0.15, 0.2) is 5.78 Å². The molecule has 0 aliphatic rings. The zero-order chi connectivity index (χ0) is 12.5. The molecule has 2 nitrogen and oxygen atoms in total. The van der Waals surface area contributed by atoms with Gasteiger partial charge in [0, 0.05) is 5.56 Å². The second-order valence-corrected chi connectivity index (χ2v) is 3.44. The van der Waals surface area contributed by atoms with Crippen LogP contribution in [0, 0.1) is 6.92 Å². The average Bonchev–Trinajstić information content (AvgIpc) is 2.14. The van der Waals surface area contributed by atoms with E-state index in [9.17, 15) is 18.0 Å². The molecule has 0 saturated heterocycles. The normalized spacial score (nSPS) is 11.4. The van der Waals surface area contributed by atoms with E-state index in [1.807, 2.05) is 0 Å². The quantitative estimate of drug-likeness (QED) is 0.732. The van der Waals surface area contributed by atoms with Crippen LogP contribution in [0.3, 0.4) is 0 Å². The summed E-state index contributed by atoms with van der Waals surface area (Å²) < 4.78 is 42.9. The maximum Gasteiger partial charge on any atom is 0.420 e. The Kier molecular flexibility index (Phi) is 3.26. The molecule has 0 heterocycles. The Morgan fingerprint density at radius 1 is 1.31 bits per heavy atom. The van der Waals surface area contributed by atoms with Crippen molar-refractivity contribution >= 4 is 5.78 Å². The third-order valence-electron chi connectivity index (χ3n) is 2.13. The first-order valence-electron chi connectivity index (χ1n) is 4.54. The topological polar surface area (TPSA) is 26.3 Å². The van der Waals surface area contributed by atoms with Crippen LogP contribution in [0.4, 0.5) is 13.2 Å². The van der Waals surface area contributed by atoms with E-state index >= 15 is 0 Å². The second-order valence-electron chi connectivity index (χ2n) is 3.44.